The molecule has 0 heterocycles. The quantitative estimate of drug-likeness (QED) is 0.553. The van der Waals surface area contributed by atoms with Crippen LogP contribution in [-0.2, 0) is 16.6 Å². The molecule has 0 saturated carbocycles. The minimum absolute atomic E-state index is 0.127. The monoisotopic (exact) mass is 453 g/mol. The highest BCUT2D eigenvalue weighted by Gasteiger charge is 2.20. The average molecular weight is 454 g/mol. The van der Waals surface area contributed by atoms with Crippen LogP contribution in [-0.4, -0.2) is 30.8 Å². The Morgan fingerprint density at radius 2 is 1.55 bits per heavy atom. The molecule has 0 unspecified atom stereocenters. The molecule has 3 rings (SSSR count). The van der Waals surface area contributed by atoms with Crippen molar-refractivity contribution in [3.8, 4) is 0 Å². The van der Waals surface area contributed by atoms with E-state index in [0.717, 1.165) is 11.1 Å². The highest BCUT2D eigenvalue weighted by atomic mass is 32.2. The lowest BCUT2D eigenvalue weighted by Gasteiger charge is -2.17. The maximum Gasteiger partial charge on any atom is 0.257 e. The van der Waals surface area contributed by atoms with Gasteiger partial charge in [-0.25, -0.2) is 8.42 Å². The number of anilines is 1. The Bertz CT molecular complexity index is 1160. The van der Waals surface area contributed by atoms with E-state index in [1.807, 2.05) is 49.4 Å². The number of thiocarbonyl (C=S) groups is 1. The number of nitrogens with one attached hydrogen (secondary N) is 2. The second kappa shape index (κ2) is 9.82. The van der Waals surface area contributed by atoms with Gasteiger partial charge in [0.25, 0.3) is 5.91 Å². The summed E-state index contributed by atoms with van der Waals surface area (Å²) in [6.45, 7) is 2.22. The lowest BCUT2D eigenvalue weighted by molar-refractivity contribution is 0.0977. The van der Waals surface area contributed by atoms with Gasteiger partial charge >= 0.3 is 0 Å². The van der Waals surface area contributed by atoms with E-state index < -0.39 is 10.0 Å². The summed E-state index contributed by atoms with van der Waals surface area (Å²) in [5.41, 5.74) is 3.03. The second-order valence-electron chi connectivity index (χ2n) is 7.05. The first-order chi connectivity index (χ1) is 14.8. The smallest absolute Gasteiger partial charge is 0.257 e. The molecule has 0 spiro atoms. The van der Waals surface area contributed by atoms with Crippen molar-refractivity contribution in [2.45, 2.75) is 18.4 Å². The van der Waals surface area contributed by atoms with Crippen LogP contribution in [0.1, 0.15) is 21.5 Å². The van der Waals surface area contributed by atoms with Gasteiger partial charge in [0.15, 0.2) is 5.11 Å². The lowest BCUT2D eigenvalue weighted by atomic mass is 10.1. The van der Waals surface area contributed by atoms with E-state index in [4.69, 9.17) is 12.2 Å². The normalized spacial score (nSPS) is 11.2. The standard InChI is InChI=1S/C23H23N3O3S2/c1-17-8-10-19(11-9-17)22(27)25-23(30)24-20-12-14-21(15-13-20)31(28,29)26(2)16-18-6-4-3-5-7-18/h3-15H,16H2,1-2H3,(H2,24,25,27,30). The number of nitrogens with zero attached hydrogens (tertiary/aromatic N) is 1. The molecule has 0 aliphatic carbocycles. The third kappa shape index (κ3) is 5.97. The Hall–Kier alpha value is -3.07. The molecule has 3 aromatic carbocycles. The van der Waals surface area contributed by atoms with E-state index in [-0.39, 0.29) is 22.5 Å². The first-order valence-corrected chi connectivity index (χ1v) is 11.4. The summed E-state index contributed by atoms with van der Waals surface area (Å²) in [6.07, 6.45) is 0. The van der Waals surface area contributed by atoms with E-state index in [2.05, 4.69) is 10.6 Å². The zero-order chi connectivity index (χ0) is 22.4. The minimum atomic E-state index is -3.64. The molecule has 0 saturated heterocycles. The van der Waals surface area contributed by atoms with Crippen molar-refractivity contribution in [1.29, 1.82) is 0 Å². The van der Waals surface area contributed by atoms with Gasteiger partial charge in [-0.1, -0.05) is 48.0 Å². The van der Waals surface area contributed by atoms with Crippen LogP contribution in [0.15, 0.2) is 83.8 Å². The largest absolute Gasteiger partial charge is 0.332 e. The van der Waals surface area contributed by atoms with Gasteiger partial charge in [-0.15, -0.1) is 0 Å². The molecule has 0 aromatic heterocycles. The maximum atomic E-state index is 12.8. The molecule has 0 atom stereocenters. The molecule has 31 heavy (non-hydrogen) atoms. The SMILES string of the molecule is Cc1ccc(C(=O)NC(=S)Nc2ccc(S(=O)(=O)N(C)Cc3ccccc3)cc2)cc1. The van der Waals surface area contributed by atoms with Crippen LogP contribution in [0.4, 0.5) is 5.69 Å². The van der Waals surface area contributed by atoms with Crippen LogP contribution in [0.2, 0.25) is 0 Å². The first-order valence-electron chi connectivity index (χ1n) is 9.55. The molecule has 0 aliphatic heterocycles. The minimum Gasteiger partial charge on any atom is -0.332 e. The van der Waals surface area contributed by atoms with Crippen molar-refractivity contribution in [3.05, 3.63) is 95.6 Å². The third-order valence-electron chi connectivity index (χ3n) is 4.61. The zero-order valence-electron chi connectivity index (χ0n) is 17.2. The van der Waals surface area contributed by atoms with Gasteiger partial charge in [0.2, 0.25) is 10.0 Å². The summed E-state index contributed by atoms with van der Waals surface area (Å²) in [4.78, 5) is 12.4. The summed E-state index contributed by atoms with van der Waals surface area (Å²) in [6, 6.07) is 22.7. The Balaban J connectivity index is 1.61. The molecule has 8 heteroatoms. The number of aryl methyl sites for hydroxylation is 1. The van der Waals surface area contributed by atoms with Crippen molar-refractivity contribution in [1.82, 2.24) is 9.62 Å². The highest BCUT2D eigenvalue weighted by Crippen LogP contribution is 2.19. The number of benzene rings is 3. The molecular formula is C23H23N3O3S2. The molecule has 0 bridgehead atoms. The molecule has 1 amide bonds. The van der Waals surface area contributed by atoms with Crippen LogP contribution in [0.25, 0.3) is 0 Å². The fourth-order valence-electron chi connectivity index (χ4n) is 2.86. The summed E-state index contributed by atoms with van der Waals surface area (Å²) in [5, 5.41) is 5.63. The molecule has 0 aliphatic rings. The lowest BCUT2D eigenvalue weighted by Crippen LogP contribution is -2.34. The zero-order valence-corrected chi connectivity index (χ0v) is 18.8. The molecule has 6 nitrogen and oxygen atoms in total. The summed E-state index contributed by atoms with van der Waals surface area (Å²) in [5.74, 6) is -0.320. The van der Waals surface area contributed by atoms with Crippen molar-refractivity contribution < 1.29 is 13.2 Å². The number of rotatable bonds is 6. The van der Waals surface area contributed by atoms with Crippen LogP contribution in [0.5, 0.6) is 0 Å². The van der Waals surface area contributed by atoms with Gasteiger partial charge in [-0.05, 0) is 61.1 Å². The molecule has 3 aromatic rings. The van der Waals surface area contributed by atoms with Crippen LogP contribution >= 0.6 is 12.2 Å². The predicted octanol–water partition coefficient (Wildman–Crippen LogP) is 3.94. The summed E-state index contributed by atoms with van der Waals surface area (Å²) >= 11 is 5.19. The Labute approximate surface area is 188 Å². The van der Waals surface area contributed by atoms with Gasteiger partial charge in [0.05, 0.1) is 4.90 Å². The topological polar surface area (TPSA) is 78.5 Å². The number of hydrogen-bond donors (Lipinski definition) is 2. The summed E-state index contributed by atoms with van der Waals surface area (Å²) < 4.78 is 26.9. The average Bonchev–Trinajstić information content (AvgIpc) is 2.75. The van der Waals surface area contributed by atoms with Crippen molar-refractivity contribution >= 4 is 38.9 Å². The van der Waals surface area contributed by atoms with E-state index in [1.54, 1.807) is 31.3 Å². The third-order valence-corrected chi connectivity index (χ3v) is 6.63. The van der Waals surface area contributed by atoms with Gasteiger partial charge in [0.1, 0.15) is 0 Å². The molecule has 0 radical (unpaired) electrons. The molecule has 2 N–H and O–H groups in total. The van der Waals surface area contributed by atoms with E-state index in [9.17, 15) is 13.2 Å². The molecule has 160 valence electrons. The van der Waals surface area contributed by atoms with Gasteiger partial charge in [0, 0.05) is 24.8 Å². The molecular weight excluding hydrogens is 430 g/mol. The van der Waals surface area contributed by atoms with E-state index in [0.29, 0.717) is 11.3 Å². The van der Waals surface area contributed by atoms with Crippen LogP contribution in [0.3, 0.4) is 0 Å². The highest BCUT2D eigenvalue weighted by molar-refractivity contribution is 7.89. The van der Waals surface area contributed by atoms with Crippen LogP contribution < -0.4 is 10.6 Å². The van der Waals surface area contributed by atoms with E-state index >= 15 is 0 Å². The second-order valence-corrected chi connectivity index (χ2v) is 9.50. The Morgan fingerprint density at radius 1 is 0.935 bits per heavy atom. The van der Waals surface area contributed by atoms with Gasteiger partial charge in [-0.3, -0.25) is 10.1 Å². The van der Waals surface area contributed by atoms with Crippen LogP contribution in [0, 0.1) is 6.92 Å². The van der Waals surface area contributed by atoms with Crippen molar-refractivity contribution in [3.63, 3.8) is 0 Å². The Kier molecular flexibility index (Phi) is 7.17. The number of carbonyl (C=O) groups excluding carboxylic acids is 1. The van der Waals surface area contributed by atoms with Gasteiger partial charge < -0.3 is 5.32 Å². The number of sulfonamides is 1. The van der Waals surface area contributed by atoms with E-state index in [1.165, 1.54) is 16.4 Å². The fraction of sp³-hybridized carbons (Fsp3) is 0.130. The van der Waals surface area contributed by atoms with Gasteiger partial charge in [-0.2, -0.15) is 4.31 Å². The first kappa shape index (κ1) is 22.6. The number of carbonyl (C=O) groups is 1. The van der Waals surface area contributed by atoms with Crippen molar-refractivity contribution in [2.24, 2.45) is 0 Å². The van der Waals surface area contributed by atoms with Crippen molar-refractivity contribution in [2.75, 3.05) is 12.4 Å². The fourth-order valence-corrected chi connectivity index (χ4v) is 4.23. The Morgan fingerprint density at radius 3 is 2.16 bits per heavy atom. The number of hydrogen-bond acceptors (Lipinski definition) is 4. The predicted molar refractivity (Wildman–Crippen MR) is 126 cm³/mol. The number of amides is 1. The summed E-state index contributed by atoms with van der Waals surface area (Å²) in [7, 11) is -2.09. The maximum absolute atomic E-state index is 12.8. The molecule has 0 fully saturated rings.